The molecule has 1 aliphatic heterocycles. The summed E-state index contributed by atoms with van der Waals surface area (Å²) in [5, 5.41) is 0.834. The highest BCUT2D eigenvalue weighted by atomic mass is 16.5. The summed E-state index contributed by atoms with van der Waals surface area (Å²) in [6, 6.07) is 0. The van der Waals surface area contributed by atoms with Gasteiger partial charge < -0.3 is 9.15 Å². The van der Waals surface area contributed by atoms with Gasteiger partial charge in [0.05, 0.1) is 0 Å². The minimum absolute atomic E-state index is 0.00716. The van der Waals surface area contributed by atoms with Crippen molar-refractivity contribution in [3.05, 3.63) is 44.3 Å². The average Bonchev–Trinajstić information content (AvgIpc) is 2.50. The molecule has 4 heteroatoms. The molecular weight excluding hydrogens is 328 g/mol. The molecule has 26 heavy (non-hydrogen) atoms. The first-order chi connectivity index (χ1) is 12.0. The van der Waals surface area contributed by atoms with Gasteiger partial charge in [0.25, 0.3) is 0 Å². The van der Waals surface area contributed by atoms with E-state index in [1.54, 1.807) is 6.92 Å². The molecule has 4 nitrogen and oxygen atoms in total. The van der Waals surface area contributed by atoms with Crippen LogP contribution in [0, 0.1) is 26.2 Å². The highest BCUT2D eigenvalue weighted by Crippen LogP contribution is 2.42. The molecule has 0 N–H and O–H groups in total. The van der Waals surface area contributed by atoms with Crippen molar-refractivity contribution in [2.45, 2.75) is 61.0 Å². The van der Waals surface area contributed by atoms with Crippen LogP contribution >= 0.6 is 0 Å². The molecule has 1 atom stereocenters. The zero-order chi connectivity index (χ0) is 19.4. The number of hydrogen-bond donors (Lipinski definition) is 0. The van der Waals surface area contributed by atoms with Gasteiger partial charge in [0.1, 0.15) is 17.4 Å². The standard InChI is InChI=1S/C22H26O4/c1-11-10-16(23)18-19(25-11)15(8-9-22(5,6)7)14(4)17-12(2)13(3)21(24)26-20(17)18/h8-9,11H,10H2,1-7H3/b9-8-. The van der Waals surface area contributed by atoms with E-state index in [2.05, 4.69) is 26.8 Å². The number of aryl methyl sites for hydroxylation is 2. The second-order valence-electron chi connectivity index (χ2n) is 8.34. The SMILES string of the molecule is Cc1c(C)c2c(C)c(/C=C\C(C)(C)C)c3c(c2oc1=O)C(=O)CC(C)O3. The molecule has 138 valence electrons. The average molecular weight is 354 g/mol. The lowest BCUT2D eigenvalue weighted by Crippen LogP contribution is -2.26. The number of fused-ring (bicyclic) bond motifs is 3. The third-order valence-electron chi connectivity index (χ3n) is 4.96. The van der Waals surface area contributed by atoms with Crippen LogP contribution in [0.3, 0.4) is 0 Å². The van der Waals surface area contributed by atoms with Gasteiger partial charge in [-0.1, -0.05) is 32.9 Å². The number of hydrogen-bond acceptors (Lipinski definition) is 4. The van der Waals surface area contributed by atoms with Crippen LogP contribution < -0.4 is 10.4 Å². The topological polar surface area (TPSA) is 56.5 Å². The van der Waals surface area contributed by atoms with Gasteiger partial charge in [-0.15, -0.1) is 0 Å². The number of ketones is 1. The number of allylic oxidation sites excluding steroid dienone is 1. The minimum atomic E-state index is -0.402. The minimum Gasteiger partial charge on any atom is -0.489 e. The van der Waals surface area contributed by atoms with Gasteiger partial charge in [0, 0.05) is 22.9 Å². The molecular formula is C22H26O4. The van der Waals surface area contributed by atoms with Crippen LogP contribution in [-0.4, -0.2) is 11.9 Å². The number of benzene rings is 1. The van der Waals surface area contributed by atoms with E-state index in [0.29, 0.717) is 22.5 Å². The fourth-order valence-electron chi connectivity index (χ4n) is 3.42. The number of carbonyl (C=O) groups excluding carboxylic acids is 1. The number of rotatable bonds is 1. The predicted molar refractivity (Wildman–Crippen MR) is 104 cm³/mol. The second-order valence-corrected chi connectivity index (χ2v) is 8.34. The van der Waals surface area contributed by atoms with Crippen molar-refractivity contribution in [2.24, 2.45) is 5.41 Å². The molecule has 2 heterocycles. The van der Waals surface area contributed by atoms with E-state index >= 15 is 0 Å². The maximum atomic E-state index is 12.8. The van der Waals surface area contributed by atoms with Gasteiger partial charge in [-0.05, 0) is 44.2 Å². The van der Waals surface area contributed by atoms with E-state index in [9.17, 15) is 9.59 Å². The van der Waals surface area contributed by atoms with Gasteiger partial charge in [0.2, 0.25) is 0 Å². The quantitative estimate of drug-likeness (QED) is 0.666. The summed E-state index contributed by atoms with van der Waals surface area (Å²) in [5.41, 5.74) is 3.63. The van der Waals surface area contributed by atoms with Crippen LogP contribution in [0.4, 0.5) is 0 Å². The normalized spacial score (nSPS) is 17.7. The molecule has 0 saturated heterocycles. The lowest BCUT2D eigenvalue weighted by atomic mass is 9.88. The molecule has 0 radical (unpaired) electrons. The van der Waals surface area contributed by atoms with Crippen molar-refractivity contribution >= 4 is 22.8 Å². The fourth-order valence-corrected chi connectivity index (χ4v) is 3.42. The zero-order valence-electron chi connectivity index (χ0n) is 16.6. The zero-order valence-corrected chi connectivity index (χ0v) is 16.6. The summed E-state index contributed by atoms with van der Waals surface area (Å²) in [6.07, 6.45) is 4.21. The molecule has 1 aromatic heterocycles. The predicted octanol–water partition coefficient (Wildman–Crippen LogP) is 5.13. The van der Waals surface area contributed by atoms with Crippen LogP contribution in [-0.2, 0) is 0 Å². The Morgan fingerprint density at radius 2 is 1.69 bits per heavy atom. The monoisotopic (exact) mass is 354 g/mol. The van der Waals surface area contributed by atoms with Crippen molar-refractivity contribution < 1.29 is 13.9 Å². The van der Waals surface area contributed by atoms with Crippen LogP contribution in [0.15, 0.2) is 15.3 Å². The number of ether oxygens (including phenoxy) is 1. The molecule has 1 aliphatic rings. The second kappa shape index (κ2) is 6.11. The summed E-state index contributed by atoms with van der Waals surface area (Å²) in [5.74, 6) is 0.492. The largest absolute Gasteiger partial charge is 0.489 e. The Balaban J connectivity index is 2.49. The summed E-state index contributed by atoms with van der Waals surface area (Å²) in [6.45, 7) is 13.9. The van der Waals surface area contributed by atoms with Crippen LogP contribution in [0.5, 0.6) is 5.75 Å². The lowest BCUT2D eigenvalue weighted by molar-refractivity contribution is 0.0871. The van der Waals surface area contributed by atoms with Crippen molar-refractivity contribution in [3.63, 3.8) is 0 Å². The van der Waals surface area contributed by atoms with Crippen LogP contribution in [0.1, 0.15) is 66.7 Å². The lowest BCUT2D eigenvalue weighted by Gasteiger charge is -2.27. The number of carbonyl (C=O) groups is 1. The molecule has 3 rings (SSSR count). The van der Waals surface area contributed by atoms with Crippen LogP contribution in [0.25, 0.3) is 17.0 Å². The van der Waals surface area contributed by atoms with Crippen molar-refractivity contribution in [1.29, 1.82) is 0 Å². The van der Waals surface area contributed by atoms with Crippen molar-refractivity contribution in [1.82, 2.24) is 0 Å². The van der Waals surface area contributed by atoms with Crippen LogP contribution in [0.2, 0.25) is 0 Å². The Hall–Kier alpha value is -2.36. The molecule has 0 bridgehead atoms. The third-order valence-corrected chi connectivity index (χ3v) is 4.96. The van der Waals surface area contributed by atoms with Gasteiger partial charge in [-0.25, -0.2) is 4.79 Å². The summed E-state index contributed by atoms with van der Waals surface area (Å²) < 4.78 is 11.6. The molecule has 0 spiro atoms. The van der Waals surface area contributed by atoms with E-state index in [1.165, 1.54) is 0 Å². The summed E-state index contributed by atoms with van der Waals surface area (Å²) in [7, 11) is 0. The smallest absolute Gasteiger partial charge is 0.339 e. The first-order valence-corrected chi connectivity index (χ1v) is 9.01. The highest BCUT2D eigenvalue weighted by molar-refractivity contribution is 6.12. The Morgan fingerprint density at radius 3 is 2.31 bits per heavy atom. The first-order valence-electron chi connectivity index (χ1n) is 9.01. The van der Waals surface area contributed by atoms with E-state index < -0.39 is 5.63 Å². The molecule has 0 saturated carbocycles. The molecule has 1 unspecified atom stereocenters. The van der Waals surface area contributed by atoms with E-state index in [0.717, 1.165) is 22.1 Å². The molecule has 2 aromatic rings. The fraction of sp³-hybridized carbons (Fsp3) is 0.455. The van der Waals surface area contributed by atoms with Crippen molar-refractivity contribution in [3.8, 4) is 5.75 Å². The molecule has 0 amide bonds. The summed E-state index contributed by atoms with van der Waals surface area (Å²) >= 11 is 0. The van der Waals surface area contributed by atoms with E-state index in [4.69, 9.17) is 9.15 Å². The summed E-state index contributed by atoms with van der Waals surface area (Å²) in [4.78, 5) is 25.0. The van der Waals surface area contributed by atoms with Gasteiger partial charge in [-0.2, -0.15) is 0 Å². The Labute approximate surface area is 153 Å². The van der Waals surface area contributed by atoms with Gasteiger partial charge in [-0.3, -0.25) is 4.79 Å². The highest BCUT2D eigenvalue weighted by Gasteiger charge is 2.32. The Bertz CT molecular complexity index is 1000. The maximum absolute atomic E-state index is 12.8. The Kier molecular flexibility index (Phi) is 4.33. The molecule has 1 aromatic carbocycles. The van der Waals surface area contributed by atoms with Gasteiger partial charge >= 0.3 is 5.63 Å². The maximum Gasteiger partial charge on any atom is 0.339 e. The Morgan fingerprint density at radius 1 is 1.04 bits per heavy atom. The molecule has 0 aliphatic carbocycles. The van der Waals surface area contributed by atoms with Gasteiger partial charge in [0.15, 0.2) is 11.4 Å². The molecule has 0 fully saturated rings. The number of Topliss-reactive ketones (excluding diaryl/α,β-unsaturated/α-hetero) is 1. The first kappa shape index (κ1) is 18.4. The van der Waals surface area contributed by atoms with Crippen molar-refractivity contribution in [2.75, 3.05) is 0 Å². The van der Waals surface area contributed by atoms with E-state index in [-0.39, 0.29) is 23.7 Å². The third kappa shape index (κ3) is 2.98. The van der Waals surface area contributed by atoms with E-state index in [1.807, 2.05) is 26.8 Å².